The summed E-state index contributed by atoms with van der Waals surface area (Å²) in [7, 11) is 1.55. The largest absolute Gasteiger partial charge is 0.497 e. The van der Waals surface area contributed by atoms with Gasteiger partial charge in [-0.1, -0.05) is 32.0 Å². The standard InChI is InChI=1S/C24H24N4O4/c1-23(2,18-5-4-6-19-16(18)9-10-25-19)24(21(30)26-22(31)27-24)13-28-12-14-7-8-15(32-3)11-17(14)20(28)29/h4-11,25H,12-13H2,1-3H3,(H2,26,27,30,31)/t24-/m1/s1. The molecule has 5 rings (SSSR count). The van der Waals surface area contributed by atoms with Crippen LogP contribution in [0.4, 0.5) is 4.79 Å². The second-order valence-electron chi connectivity index (χ2n) is 8.87. The summed E-state index contributed by atoms with van der Waals surface area (Å²) in [5.41, 5.74) is 1.07. The smallest absolute Gasteiger partial charge is 0.322 e. The van der Waals surface area contributed by atoms with Crippen LogP contribution in [0.2, 0.25) is 0 Å². The number of H-pyrrole nitrogens is 1. The third kappa shape index (κ3) is 2.72. The molecular formula is C24H24N4O4. The van der Waals surface area contributed by atoms with E-state index in [4.69, 9.17) is 4.74 Å². The van der Waals surface area contributed by atoms with Gasteiger partial charge in [0, 0.05) is 34.6 Å². The fraction of sp³-hybridized carbons (Fsp3) is 0.292. The maximum Gasteiger partial charge on any atom is 0.322 e. The molecule has 1 atom stereocenters. The summed E-state index contributed by atoms with van der Waals surface area (Å²) in [5.74, 6) is -0.0377. The number of nitrogens with one attached hydrogen (secondary N) is 3. The summed E-state index contributed by atoms with van der Waals surface area (Å²) >= 11 is 0. The first-order valence-electron chi connectivity index (χ1n) is 10.4. The normalized spacial score (nSPS) is 20.5. The molecule has 2 aromatic carbocycles. The molecule has 0 radical (unpaired) electrons. The van der Waals surface area contributed by atoms with Crippen LogP contribution < -0.4 is 15.4 Å². The van der Waals surface area contributed by atoms with E-state index in [9.17, 15) is 14.4 Å². The fourth-order valence-corrected chi connectivity index (χ4v) is 4.98. The minimum atomic E-state index is -1.35. The number of hydrogen-bond donors (Lipinski definition) is 3. The predicted molar refractivity (Wildman–Crippen MR) is 118 cm³/mol. The number of benzene rings is 2. The summed E-state index contributed by atoms with van der Waals surface area (Å²) in [6.07, 6.45) is 1.85. The molecule has 1 fully saturated rings. The predicted octanol–water partition coefficient (Wildman–Crippen LogP) is 2.69. The lowest BCUT2D eigenvalue weighted by atomic mass is 9.66. The van der Waals surface area contributed by atoms with E-state index in [-0.39, 0.29) is 12.5 Å². The SMILES string of the molecule is COc1ccc2c(c1)C(=O)N(C[C@@]1(C(C)(C)c3cccc4[nH]ccc34)NC(=O)NC1=O)C2. The van der Waals surface area contributed by atoms with Gasteiger partial charge in [0.05, 0.1) is 13.7 Å². The van der Waals surface area contributed by atoms with Crippen LogP contribution in [0.1, 0.15) is 35.3 Å². The highest BCUT2D eigenvalue weighted by Crippen LogP contribution is 2.42. The molecule has 3 aromatic rings. The number of aromatic amines is 1. The van der Waals surface area contributed by atoms with E-state index in [1.807, 2.05) is 56.4 Å². The first-order chi connectivity index (χ1) is 15.3. The van der Waals surface area contributed by atoms with Crippen molar-refractivity contribution < 1.29 is 19.1 Å². The maximum atomic E-state index is 13.3. The van der Waals surface area contributed by atoms with E-state index >= 15 is 0 Å². The van der Waals surface area contributed by atoms with Crippen molar-refractivity contribution in [3.63, 3.8) is 0 Å². The Morgan fingerprint density at radius 3 is 2.66 bits per heavy atom. The van der Waals surface area contributed by atoms with Crippen LogP contribution >= 0.6 is 0 Å². The van der Waals surface area contributed by atoms with Crippen LogP contribution in [0, 0.1) is 0 Å². The van der Waals surface area contributed by atoms with Gasteiger partial charge in [-0.2, -0.15) is 0 Å². The Hall–Kier alpha value is -3.81. The lowest BCUT2D eigenvalue weighted by Crippen LogP contribution is -2.65. The zero-order chi connectivity index (χ0) is 22.7. The van der Waals surface area contributed by atoms with Gasteiger partial charge in [0.15, 0.2) is 0 Å². The Balaban J connectivity index is 1.58. The van der Waals surface area contributed by atoms with E-state index < -0.39 is 22.9 Å². The van der Waals surface area contributed by atoms with Gasteiger partial charge in [0.2, 0.25) is 0 Å². The molecule has 8 nitrogen and oxygen atoms in total. The number of ether oxygens (including phenoxy) is 1. The Bertz CT molecular complexity index is 1280. The highest BCUT2D eigenvalue weighted by atomic mass is 16.5. The van der Waals surface area contributed by atoms with Crippen molar-refractivity contribution in [1.82, 2.24) is 20.5 Å². The van der Waals surface area contributed by atoms with Crippen molar-refractivity contribution in [3.8, 4) is 5.75 Å². The quantitative estimate of drug-likeness (QED) is 0.539. The number of carbonyl (C=O) groups is 3. The number of aromatic nitrogens is 1. The molecule has 0 bridgehead atoms. The number of rotatable bonds is 5. The van der Waals surface area contributed by atoms with Gasteiger partial charge in [0.25, 0.3) is 11.8 Å². The zero-order valence-electron chi connectivity index (χ0n) is 18.1. The topological polar surface area (TPSA) is 104 Å². The summed E-state index contributed by atoms with van der Waals surface area (Å²) < 4.78 is 5.26. The van der Waals surface area contributed by atoms with Crippen LogP contribution in [-0.4, -0.2) is 46.9 Å². The highest BCUT2D eigenvalue weighted by Gasteiger charge is 2.59. The Labute approximate surface area is 184 Å². The monoisotopic (exact) mass is 432 g/mol. The second kappa shape index (κ2) is 6.85. The van der Waals surface area contributed by atoms with Gasteiger partial charge in [-0.15, -0.1) is 0 Å². The zero-order valence-corrected chi connectivity index (χ0v) is 18.1. The molecule has 2 aliphatic rings. The molecule has 0 aliphatic carbocycles. The lowest BCUT2D eigenvalue weighted by Gasteiger charge is -2.44. The molecule has 8 heteroatoms. The molecule has 1 aromatic heterocycles. The van der Waals surface area contributed by atoms with E-state index in [1.165, 1.54) is 0 Å². The minimum absolute atomic E-state index is 0.0359. The molecule has 4 amide bonds. The van der Waals surface area contributed by atoms with Gasteiger partial charge in [-0.3, -0.25) is 14.9 Å². The molecule has 0 saturated carbocycles. The molecular weight excluding hydrogens is 408 g/mol. The first-order valence-corrected chi connectivity index (χ1v) is 10.4. The molecule has 2 aliphatic heterocycles. The number of amides is 4. The number of methoxy groups -OCH3 is 1. The number of hydrogen-bond acceptors (Lipinski definition) is 4. The van der Waals surface area contributed by atoms with Crippen molar-refractivity contribution in [2.45, 2.75) is 31.3 Å². The molecule has 0 unspecified atom stereocenters. The van der Waals surface area contributed by atoms with Gasteiger partial charge < -0.3 is 19.9 Å². The molecule has 1 saturated heterocycles. The van der Waals surface area contributed by atoms with Crippen molar-refractivity contribution in [3.05, 3.63) is 65.4 Å². The van der Waals surface area contributed by atoms with E-state index in [2.05, 4.69) is 15.6 Å². The van der Waals surface area contributed by atoms with E-state index in [1.54, 1.807) is 18.1 Å². The van der Waals surface area contributed by atoms with Crippen molar-refractivity contribution >= 4 is 28.7 Å². The van der Waals surface area contributed by atoms with Crippen LogP contribution in [0.25, 0.3) is 10.9 Å². The summed E-state index contributed by atoms with van der Waals surface area (Å²) in [5, 5.41) is 6.24. The van der Waals surface area contributed by atoms with Gasteiger partial charge in [-0.25, -0.2) is 4.79 Å². The van der Waals surface area contributed by atoms with Crippen LogP contribution in [-0.2, 0) is 16.8 Å². The van der Waals surface area contributed by atoms with Crippen LogP contribution in [0.3, 0.4) is 0 Å². The lowest BCUT2D eigenvalue weighted by molar-refractivity contribution is -0.126. The number of carbonyl (C=O) groups excluding carboxylic acids is 3. The minimum Gasteiger partial charge on any atom is -0.497 e. The summed E-state index contributed by atoms with van der Waals surface area (Å²) in [6.45, 7) is 4.25. The van der Waals surface area contributed by atoms with Gasteiger partial charge >= 0.3 is 6.03 Å². The number of imide groups is 1. The average Bonchev–Trinajstić information content (AvgIpc) is 3.44. The number of nitrogens with zero attached hydrogens (tertiary/aromatic N) is 1. The van der Waals surface area contributed by atoms with Crippen molar-refractivity contribution in [2.24, 2.45) is 0 Å². The fourth-order valence-electron chi connectivity index (χ4n) is 4.98. The van der Waals surface area contributed by atoms with Crippen LogP contribution in [0.15, 0.2) is 48.7 Å². The van der Waals surface area contributed by atoms with E-state index in [0.717, 1.165) is 22.0 Å². The third-order valence-electron chi connectivity index (χ3n) is 6.90. The molecule has 164 valence electrons. The number of urea groups is 1. The third-order valence-corrected chi connectivity index (χ3v) is 6.90. The Morgan fingerprint density at radius 1 is 1.12 bits per heavy atom. The highest BCUT2D eigenvalue weighted by molar-refractivity contribution is 6.09. The van der Waals surface area contributed by atoms with Gasteiger partial charge in [0.1, 0.15) is 11.3 Å². The average molecular weight is 432 g/mol. The maximum absolute atomic E-state index is 13.3. The summed E-state index contributed by atoms with van der Waals surface area (Å²) in [4.78, 5) is 43.7. The summed E-state index contributed by atoms with van der Waals surface area (Å²) in [6, 6.07) is 12.6. The second-order valence-corrected chi connectivity index (χ2v) is 8.87. The molecule has 32 heavy (non-hydrogen) atoms. The van der Waals surface area contributed by atoms with Crippen molar-refractivity contribution in [2.75, 3.05) is 13.7 Å². The Kier molecular flexibility index (Phi) is 4.30. The molecule has 3 heterocycles. The molecule has 3 N–H and O–H groups in total. The van der Waals surface area contributed by atoms with Gasteiger partial charge in [-0.05, 0) is 35.4 Å². The van der Waals surface area contributed by atoms with Crippen molar-refractivity contribution in [1.29, 1.82) is 0 Å². The van der Waals surface area contributed by atoms with E-state index in [0.29, 0.717) is 17.9 Å². The number of fused-ring (bicyclic) bond motifs is 2. The van der Waals surface area contributed by atoms with Crippen LogP contribution in [0.5, 0.6) is 5.75 Å². The molecule has 0 spiro atoms. The first kappa shape index (κ1) is 20.1. The Morgan fingerprint density at radius 2 is 1.94 bits per heavy atom.